The van der Waals surface area contributed by atoms with Crippen molar-refractivity contribution in [2.24, 2.45) is 4.99 Å². The number of benzene rings is 2. The van der Waals surface area contributed by atoms with E-state index in [9.17, 15) is 4.79 Å². The Morgan fingerprint density at radius 1 is 0.964 bits per heavy atom. The molecular formula is C21H28N4O3. The number of aliphatic imine (C=N–C) groups is 1. The first-order valence-corrected chi connectivity index (χ1v) is 9.13. The van der Waals surface area contributed by atoms with Gasteiger partial charge in [-0.15, -0.1) is 0 Å². The molecule has 0 spiro atoms. The Balaban J connectivity index is 1.90. The lowest BCUT2D eigenvalue weighted by atomic mass is 10.1. The number of hydrogen-bond acceptors (Lipinski definition) is 4. The molecule has 0 aliphatic carbocycles. The summed E-state index contributed by atoms with van der Waals surface area (Å²) in [5, 5.41) is 9.32. The van der Waals surface area contributed by atoms with Crippen LogP contribution in [-0.4, -0.2) is 39.7 Å². The molecule has 7 nitrogen and oxygen atoms in total. The Bertz CT molecular complexity index is 804. The molecule has 1 amide bonds. The Morgan fingerprint density at radius 2 is 1.68 bits per heavy atom. The number of amides is 1. The van der Waals surface area contributed by atoms with E-state index in [0.29, 0.717) is 31.2 Å². The molecule has 150 valence electrons. The number of nitrogens with zero attached hydrogens (tertiary/aromatic N) is 1. The highest BCUT2D eigenvalue weighted by molar-refractivity contribution is 5.94. The first kappa shape index (κ1) is 21.1. The van der Waals surface area contributed by atoms with E-state index in [4.69, 9.17) is 9.47 Å². The largest absolute Gasteiger partial charge is 0.497 e. The van der Waals surface area contributed by atoms with Gasteiger partial charge in [-0.05, 0) is 36.8 Å². The van der Waals surface area contributed by atoms with Crippen LogP contribution in [0.15, 0.2) is 47.5 Å². The lowest BCUT2D eigenvalue weighted by Gasteiger charge is -2.14. The Morgan fingerprint density at radius 3 is 2.29 bits per heavy atom. The lowest BCUT2D eigenvalue weighted by molar-refractivity contribution is 0.0956. The molecule has 0 atom stereocenters. The Kier molecular flexibility index (Phi) is 8.14. The first-order chi connectivity index (χ1) is 13.6. The average Bonchev–Trinajstić information content (AvgIpc) is 2.74. The van der Waals surface area contributed by atoms with E-state index < -0.39 is 0 Å². The maximum atomic E-state index is 11.8. The number of nitrogens with one attached hydrogen (secondary N) is 3. The number of ether oxygens (including phenoxy) is 2. The van der Waals surface area contributed by atoms with Gasteiger partial charge in [0.1, 0.15) is 11.5 Å². The van der Waals surface area contributed by atoms with Crippen molar-refractivity contribution < 1.29 is 14.3 Å². The predicted molar refractivity (Wildman–Crippen MR) is 111 cm³/mol. The van der Waals surface area contributed by atoms with Gasteiger partial charge < -0.3 is 25.4 Å². The van der Waals surface area contributed by atoms with Gasteiger partial charge in [-0.2, -0.15) is 0 Å². The number of guanidine groups is 1. The van der Waals surface area contributed by atoms with Crippen molar-refractivity contribution in [3.8, 4) is 11.5 Å². The summed E-state index contributed by atoms with van der Waals surface area (Å²) in [4.78, 5) is 16.0. The zero-order valence-corrected chi connectivity index (χ0v) is 16.8. The average molecular weight is 384 g/mol. The number of hydrogen-bond donors (Lipinski definition) is 3. The van der Waals surface area contributed by atoms with Gasteiger partial charge in [0, 0.05) is 43.9 Å². The van der Waals surface area contributed by atoms with Crippen molar-refractivity contribution in [3.63, 3.8) is 0 Å². The summed E-state index contributed by atoms with van der Waals surface area (Å²) in [6.45, 7) is 3.66. The van der Waals surface area contributed by atoms with Gasteiger partial charge in [-0.1, -0.05) is 12.1 Å². The zero-order valence-electron chi connectivity index (χ0n) is 16.8. The van der Waals surface area contributed by atoms with Gasteiger partial charge in [0.05, 0.1) is 14.2 Å². The molecule has 2 aromatic carbocycles. The molecule has 2 rings (SSSR count). The normalized spacial score (nSPS) is 10.9. The summed E-state index contributed by atoms with van der Waals surface area (Å²) in [5.41, 5.74) is 2.70. The van der Waals surface area contributed by atoms with Gasteiger partial charge in [-0.25, -0.2) is 0 Å². The fourth-order valence-corrected chi connectivity index (χ4v) is 2.62. The van der Waals surface area contributed by atoms with E-state index in [1.807, 2.05) is 49.4 Å². The maximum Gasteiger partial charge on any atom is 0.251 e. The highest BCUT2D eigenvalue weighted by Crippen LogP contribution is 2.24. The van der Waals surface area contributed by atoms with Crippen LogP contribution in [0.5, 0.6) is 11.5 Å². The molecule has 0 heterocycles. The minimum Gasteiger partial charge on any atom is -0.497 e. The summed E-state index contributed by atoms with van der Waals surface area (Å²) in [5.74, 6) is 2.11. The summed E-state index contributed by atoms with van der Waals surface area (Å²) < 4.78 is 10.6. The monoisotopic (exact) mass is 384 g/mol. The van der Waals surface area contributed by atoms with E-state index in [-0.39, 0.29) is 5.91 Å². The van der Waals surface area contributed by atoms with Gasteiger partial charge in [-0.3, -0.25) is 9.79 Å². The van der Waals surface area contributed by atoms with Crippen molar-refractivity contribution in [1.82, 2.24) is 16.0 Å². The van der Waals surface area contributed by atoms with E-state index >= 15 is 0 Å². The van der Waals surface area contributed by atoms with Crippen molar-refractivity contribution in [2.45, 2.75) is 20.0 Å². The third-order valence-electron chi connectivity index (χ3n) is 4.18. The highest BCUT2D eigenvalue weighted by Gasteiger charge is 2.07. The van der Waals surface area contributed by atoms with Crippen molar-refractivity contribution in [1.29, 1.82) is 0 Å². The van der Waals surface area contributed by atoms with Crippen LogP contribution in [0, 0.1) is 0 Å². The molecule has 0 fully saturated rings. The molecule has 0 aliphatic heterocycles. The van der Waals surface area contributed by atoms with Crippen LogP contribution in [0.3, 0.4) is 0 Å². The van der Waals surface area contributed by atoms with Crippen LogP contribution in [0.1, 0.15) is 28.4 Å². The molecule has 0 saturated carbocycles. The molecule has 28 heavy (non-hydrogen) atoms. The molecule has 2 aromatic rings. The van der Waals surface area contributed by atoms with Crippen LogP contribution in [0.4, 0.5) is 0 Å². The van der Waals surface area contributed by atoms with Crippen LogP contribution in [0.25, 0.3) is 0 Å². The van der Waals surface area contributed by atoms with E-state index in [0.717, 1.165) is 22.6 Å². The maximum absolute atomic E-state index is 11.8. The summed E-state index contributed by atoms with van der Waals surface area (Å²) in [7, 11) is 4.98. The minimum atomic E-state index is -0.0621. The topological polar surface area (TPSA) is 84.0 Å². The smallest absolute Gasteiger partial charge is 0.251 e. The lowest BCUT2D eigenvalue weighted by Crippen LogP contribution is -2.36. The quantitative estimate of drug-likeness (QED) is 0.481. The fourth-order valence-electron chi connectivity index (χ4n) is 2.62. The third-order valence-corrected chi connectivity index (χ3v) is 4.18. The van der Waals surface area contributed by atoms with Gasteiger partial charge in [0.2, 0.25) is 0 Å². The van der Waals surface area contributed by atoms with E-state index in [2.05, 4.69) is 20.9 Å². The molecule has 0 aliphatic rings. The molecule has 0 aromatic heterocycles. The van der Waals surface area contributed by atoms with E-state index in [1.54, 1.807) is 21.3 Å². The summed E-state index contributed by atoms with van der Waals surface area (Å²) >= 11 is 0. The van der Waals surface area contributed by atoms with Crippen LogP contribution < -0.4 is 25.4 Å². The minimum absolute atomic E-state index is 0.0621. The van der Waals surface area contributed by atoms with Crippen LogP contribution in [0.2, 0.25) is 0 Å². The standard InChI is InChI=1S/C21H28N4O3/c1-5-23-20(26)16-8-6-15(7-9-16)13-24-21(22-2)25-14-17-10-11-18(27-3)12-19(17)28-4/h6-12H,5,13-14H2,1-4H3,(H,23,26)(H2,22,24,25). The molecule has 0 saturated heterocycles. The number of carbonyl (C=O) groups excluding carboxylic acids is 1. The van der Waals surface area contributed by atoms with E-state index in [1.165, 1.54) is 0 Å². The molecule has 0 bridgehead atoms. The Labute approximate surface area is 166 Å². The second-order valence-corrected chi connectivity index (χ2v) is 6.01. The Hall–Kier alpha value is -3.22. The first-order valence-electron chi connectivity index (χ1n) is 9.13. The van der Waals surface area contributed by atoms with Crippen molar-refractivity contribution in [3.05, 3.63) is 59.2 Å². The van der Waals surface area contributed by atoms with Gasteiger partial charge >= 0.3 is 0 Å². The molecule has 0 radical (unpaired) electrons. The van der Waals surface area contributed by atoms with Crippen molar-refractivity contribution in [2.75, 3.05) is 27.8 Å². The molecule has 3 N–H and O–H groups in total. The summed E-state index contributed by atoms with van der Waals surface area (Å²) in [6.07, 6.45) is 0. The molecule has 7 heteroatoms. The van der Waals surface area contributed by atoms with Crippen LogP contribution in [-0.2, 0) is 13.1 Å². The van der Waals surface area contributed by atoms with Crippen molar-refractivity contribution >= 4 is 11.9 Å². The van der Waals surface area contributed by atoms with Gasteiger partial charge in [0.15, 0.2) is 5.96 Å². The number of methoxy groups -OCH3 is 2. The predicted octanol–water partition coefficient (Wildman–Crippen LogP) is 2.32. The SMILES string of the molecule is CCNC(=O)c1ccc(CNC(=NC)NCc2ccc(OC)cc2OC)cc1. The molecule has 0 unspecified atom stereocenters. The number of carbonyl (C=O) groups is 1. The highest BCUT2D eigenvalue weighted by atomic mass is 16.5. The number of rotatable bonds is 8. The van der Waals surface area contributed by atoms with Crippen LogP contribution >= 0.6 is 0 Å². The molecular weight excluding hydrogens is 356 g/mol. The fraction of sp³-hybridized carbons (Fsp3) is 0.333. The second kappa shape index (κ2) is 10.8. The zero-order chi connectivity index (χ0) is 20.4. The van der Waals surface area contributed by atoms with Gasteiger partial charge in [0.25, 0.3) is 5.91 Å². The second-order valence-electron chi connectivity index (χ2n) is 6.01. The third kappa shape index (κ3) is 5.90. The summed E-state index contributed by atoms with van der Waals surface area (Å²) in [6, 6.07) is 13.2.